The molecule has 3 N–H and O–H groups in total. The van der Waals surface area contributed by atoms with Gasteiger partial charge >= 0.3 is 0 Å². The quantitative estimate of drug-likeness (QED) is 0.337. The molecule has 0 fully saturated rings. The molecule has 0 amide bonds. The summed E-state index contributed by atoms with van der Waals surface area (Å²) in [5.74, 6) is 0. The summed E-state index contributed by atoms with van der Waals surface area (Å²) in [5, 5.41) is 13.7. The van der Waals surface area contributed by atoms with Crippen LogP contribution in [0.3, 0.4) is 0 Å². The molecular weight excluding hydrogens is 220 g/mol. The summed E-state index contributed by atoms with van der Waals surface area (Å²) in [6.07, 6.45) is 1.00. The Morgan fingerprint density at radius 3 is 2.76 bits per heavy atom. The van der Waals surface area contributed by atoms with E-state index >= 15 is 0 Å². The van der Waals surface area contributed by atoms with Crippen LogP contribution in [0.25, 0.3) is 0 Å². The van der Waals surface area contributed by atoms with E-state index in [1.165, 1.54) is 6.07 Å². The second kappa shape index (κ2) is 6.05. The van der Waals surface area contributed by atoms with Crippen LogP contribution < -0.4 is 16.0 Å². The maximum Gasteiger partial charge on any atom is 0.292 e. The van der Waals surface area contributed by atoms with Crippen LogP contribution >= 0.6 is 0 Å². The van der Waals surface area contributed by atoms with Crippen LogP contribution in [0.5, 0.6) is 0 Å². The summed E-state index contributed by atoms with van der Waals surface area (Å²) in [6, 6.07) is 4.80. The number of hydrogen-bond donors (Lipinski definition) is 2. The summed E-state index contributed by atoms with van der Waals surface area (Å²) in [5.41, 5.74) is 6.68. The lowest BCUT2D eigenvalue weighted by molar-refractivity contribution is -0.383. The third kappa shape index (κ3) is 3.60. The number of nitrogens with two attached hydrogens (primary N) is 1. The van der Waals surface area contributed by atoms with Gasteiger partial charge in [-0.05, 0) is 32.1 Å². The Morgan fingerprint density at radius 1 is 1.53 bits per heavy atom. The van der Waals surface area contributed by atoms with Gasteiger partial charge in [0.15, 0.2) is 0 Å². The first-order chi connectivity index (χ1) is 8.06. The molecule has 6 heteroatoms. The van der Waals surface area contributed by atoms with Gasteiger partial charge in [-0.1, -0.05) is 0 Å². The lowest BCUT2D eigenvalue weighted by Crippen LogP contribution is -2.22. The number of nitrogens with one attached hydrogen (secondary N) is 1. The average molecular weight is 238 g/mol. The van der Waals surface area contributed by atoms with E-state index in [2.05, 4.69) is 5.32 Å². The number of anilines is 2. The number of rotatable bonds is 6. The summed E-state index contributed by atoms with van der Waals surface area (Å²) >= 11 is 0. The molecule has 1 aromatic rings. The molecule has 1 rings (SSSR count). The summed E-state index contributed by atoms with van der Waals surface area (Å²) in [7, 11) is 3.85. The van der Waals surface area contributed by atoms with Gasteiger partial charge in [0.05, 0.1) is 4.92 Å². The van der Waals surface area contributed by atoms with Gasteiger partial charge in [0.2, 0.25) is 0 Å². The van der Waals surface area contributed by atoms with E-state index in [4.69, 9.17) is 5.73 Å². The molecular formula is C11H18N4O2. The predicted octanol–water partition coefficient (Wildman–Crippen LogP) is 1.22. The number of nitro groups is 1. The largest absolute Gasteiger partial charge is 0.393 e. The summed E-state index contributed by atoms with van der Waals surface area (Å²) < 4.78 is 0. The van der Waals surface area contributed by atoms with Crippen LogP contribution in [-0.4, -0.2) is 32.1 Å². The Bertz CT molecular complexity index is 395. The first-order valence-electron chi connectivity index (χ1n) is 5.46. The second-order valence-electron chi connectivity index (χ2n) is 3.88. The van der Waals surface area contributed by atoms with Gasteiger partial charge in [-0.2, -0.15) is 0 Å². The second-order valence-corrected chi connectivity index (χ2v) is 3.88. The Hall–Kier alpha value is -1.82. The van der Waals surface area contributed by atoms with Crippen molar-refractivity contribution in [2.24, 2.45) is 0 Å². The van der Waals surface area contributed by atoms with E-state index < -0.39 is 4.92 Å². The Labute approximate surface area is 101 Å². The van der Waals surface area contributed by atoms with Crippen molar-refractivity contribution in [2.75, 3.05) is 37.8 Å². The molecule has 94 valence electrons. The molecule has 0 unspecified atom stereocenters. The van der Waals surface area contributed by atoms with Crippen LogP contribution in [-0.2, 0) is 0 Å². The highest BCUT2D eigenvalue weighted by Gasteiger charge is 2.12. The molecule has 6 nitrogen and oxygen atoms in total. The van der Waals surface area contributed by atoms with Crippen molar-refractivity contribution in [3.63, 3.8) is 0 Å². The average Bonchev–Trinajstić information content (AvgIpc) is 2.28. The molecule has 0 spiro atoms. The summed E-state index contributed by atoms with van der Waals surface area (Å²) in [6.45, 7) is 1.81. The zero-order valence-electron chi connectivity index (χ0n) is 10.1. The van der Waals surface area contributed by atoms with Crippen molar-refractivity contribution in [1.29, 1.82) is 0 Å². The third-order valence-corrected chi connectivity index (χ3v) is 2.57. The molecule has 1 aromatic carbocycles. The van der Waals surface area contributed by atoms with Gasteiger partial charge < -0.3 is 16.0 Å². The van der Waals surface area contributed by atoms with Gasteiger partial charge in [-0.3, -0.25) is 10.1 Å². The van der Waals surface area contributed by atoms with E-state index in [0.29, 0.717) is 0 Å². The Balaban J connectivity index is 2.72. The Morgan fingerprint density at radius 2 is 2.24 bits per heavy atom. The van der Waals surface area contributed by atoms with Crippen molar-refractivity contribution in [3.8, 4) is 0 Å². The molecule has 0 bridgehead atoms. The molecule has 0 aliphatic rings. The molecule has 17 heavy (non-hydrogen) atoms. The van der Waals surface area contributed by atoms with Crippen LogP contribution in [0, 0.1) is 10.1 Å². The van der Waals surface area contributed by atoms with Crippen molar-refractivity contribution in [2.45, 2.75) is 6.42 Å². The van der Waals surface area contributed by atoms with Crippen molar-refractivity contribution in [3.05, 3.63) is 28.3 Å². The number of benzene rings is 1. The standard InChI is InChI=1S/C11H18N4O2/c1-13-6-3-7-14(2)9-4-5-11(15(16)17)10(12)8-9/h4-5,8,13H,3,6-7,12H2,1-2H3. The minimum atomic E-state index is -0.472. The number of nitro benzene ring substituents is 1. The van der Waals surface area contributed by atoms with Gasteiger partial charge in [0.1, 0.15) is 5.69 Å². The Kier molecular flexibility index (Phi) is 4.71. The summed E-state index contributed by atoms with van der Waals surface area (Å²) in [4.78, 5) is 12.2. The van der Waals surface area contributed by atoms with Crippen LogP contribution in [0.15, 0.2) is 18.2 Å². The molecule has 0 aliphatic heterocycles. The van der Waals surface area contributed by atoms with Crippen LogP contribution in [0.1, 0.15) is 6.42 Å². The smallest absolute Gasteiger partial charge is 0.292 e. The van der Waals surface area contributed by atoms with Crippen LogP contribution in [0.4, 0.5) is 17.1 Å². The van der Waals surface area contributed by atoms with E-state index in [1.54, 1.807) is 12.1 Å². The molecule has 0 heterocycles. The molecule has 0 saturated carbocycles. The van der Waals surface area contributed by atoms with E-state index in [9.17, 15) is 10.1 Å². The highest BCUT2D eigenvalue weighted by molar-refractivity contribution is 5.66. The molecule has 0 aromatic heterocycles. The fraction of sp³-hybridized carbons (Fsp3) is 0.455. The van der Waals surface area contributed by atoms with Crippen molar-refractivity contribution in [1.82, 2.24) is 5.32 Å². The molecule has 0 saturated heterocycles. The molecule has 0 atom stereocenters. The maximum atomic E-state index is 10.6. The molecule has 0 radical (unpaired) electrons. The topological polar surface area (TPSA) is 84.4 Å². The normalized spacial score (nSPS) is 10.2. The fourth-order valence-corrected chi connectivity index (χ4v) is 1.57. The number of nitrogen functional groups attached to an aromatic ring is 1. The highest BCUT2D eigenvalue weighted by Crippen LogP contribution is 2.26. The van der Waals surface area contributed by atoms with E-state index in [-0.39, 0.29) is 11.4 Å². The predicted molar refractivity (Wildman–Crippen MR) is 69.3 cm³/mol. The number of hydrogen-bond acceptors (Lipinski definition) is 5. The van der Waals surface area contributed by atoms with E-state index in [1.807, 2.05) is 19.0 Å². The number of nitrogens with zero attached hydrogens (tertiary/aromatic N) is 2. The van der Waals surface area contributed by atoms with Crippen molar-refractivity contribution < 1.29 is 4.92 Å². The van der Waals surface area contributed by atoms with Crippen molar-refractivity contribution >= 4 is 17.1 Å². The monoisotopic (exact) mass is 238 g/mol. The fourth-order valence-electron chi connectivity index (χ4n) is 1.57. The highest BCUT2D eigenvalue weighted by atomic mass is 16.6. The minimum absolute atomic E-state index is 0.0441. The SMILES string of the molecule is CNCCCN(C)c1ccc([N+](=O)[O-])c(N)c1. The minimum Gasteiger partial charge on any atom is -0.393 e. The van der Waals surface area contributed by atoms with Crippen LogP contribution in [0.2, 0.25) is 0 Å². The zero-order chi connectivity index (χ0) is 12.8. The maximum absolute atomic E-state index is 10.6. The van der Waals surface area contributed by atoms with Gasteiger partial charge in [0, 0.05) is 25.3 Å². The lowest BCUT2D eigenvalue weighted by atomic mass is 10.2. The third-order valence-electron chi connectivity index (χ3n) is 2.57. The zero-order valence-corrected chi connectivity index (χ0v) is 10.1. The van der Waals surface area contributed by atoms with E-state index in [0.717, 1.165) is 25.2 Å². The first-order valence-corrected chi connectivity index (χ1v) is 5.46. The van der Waals surface area contributed by atoms with Gasteiger partial charge in [-0.15, -0.1) is 0 Å². The molecule has 0 aliphatic carbocycles. The lowest BCUT2D eigenvalue weighted by Gasteiger charge is -2.19. The van der Waals surface area contributed by atoms with Gasteiger partial charge in [-0.25, -0.2) is 0 Å². The van der Waals surface area contributed by atoms with Gasteiger partial charge in [0.25, 0.3) is 5.69 Å². The first kappa shape index (κ1) is 13.2.